The normalized spacial score (nSPS) is 12.0. The van der Waals surface area contributed by atoms with Crippen LogP contribution in [0.25, 0.3) is 10.7 Å². The van der Waals surface area contributed by atoms with Crippen LogP contribution < -0.4 is 11.1 Å². The van der Waals surface area contributed by atoms with Crippen molar-refractivity contribution in [1.82, 2.24) is 14.8 Å². The number of aromatic nitrogens is 3. The van der Waals surface area contributed by atoms with Crippen LogP contribution in [0, 0.1) is 16.4 Å². The van der Waals surface area contributed by atoms with Crippen LogP contribution in [-0.4, -0.2) is 26.6 Å². The van der Waals surface area contributed by atoms with Gasteiger partial charge in [0, 0.05) is 6.07 Å². The van der Waals surface area contributed by atoms with Crippen LogP contribution in [0.15, 0.2) is 29.6 Å². The lowest BCUT2D eigenvalue weighted by atomic mass is 10.1. The molecule has 0 aliphatic rings. The average molecular weight is 409 g/mol. The molecule has 2 aromatic heterocycles. The lowest BCUT2D eigenvalue weighted by Gasteiger charge is -2.16. The lowest BCUT2D eigenvalue weighted by molar-refractivity contribution is -0.118. The Morgan fingerprint density at radius 1 is 1.37 bits per heavy atom. The predicted octanol–water partition coefficient (Wildman–Crippen LogP) is 3.25. The lowest BCUT2D eigenvalue weighted by Crippen LogP contribution is -2.25. The molecule has 1 aromatic carbocycles. The van der Waals surface area contributed by atoms with Crippen molar-refractivity contribution in [2.75, 3.05) is 5.32 Å². The van der Waals surface area contributed by atoms with Crippen molar-refractivity contribution in [2.45, 2.75) is 13.0 Å². The zero-order valence-corrected chi connectivity index (χ0v) is 15.5. The fraction of sp³-hybridized carbons (Fsp3) is 0.125. The number of H-pyrrole nitrogens is 1. The molecule has 1 unspecified atom stereocenters. The summed E-state index contributed by atoms with van der Waals surface area (Å²) in [4.78, 5) is 24.6. The highest BCUT2D eigenvalue weighted by Gasteiger charge is 2.23. The van der Waals surface area contributed by atoms with Gasteiger partial charge in [-0.1, -0.05) is 6.07 Å². The van der Waals surface area contributed by atoms with E-state index in [1.807, 2.05) is 17.5 Å². The number of hydrogen-bond acceptors (Lipinski definition) is 5. The molecule has 2 heterocycles. The van der Waals surface area contributed by atoms with E-state index in [1.54, 1.807) is 6.92 Å². The van der Waals surface area contributed by atoms with Crippen molar-refractivity contribution < 1.29 is 18.4 Å². The summed E-state index contributed by atoms with van der Waals surface area (Å²) >= 11 is 6.60. The van der Waals surface area contributed by atoms with E-state index in [9.17, 15) is 18.4 Å². The first-order valence-electron chi connectivity index (χ1n) is 7.60. The number of aromatic amines is 1. The van der Waals surface area contributed by atoms with E-state index in [2.05, 4.69) is 15.5 Å². The van der Waals surface area contributed by atoms with Gasteiger partial charge >= 0.3 is 0 Å². The largest absolute Gasteiger partial charge is 0.366 e. The van der Waals surface area contributed by atoms with E-state index in [0.717, 1.165) is 10.9 Å². The summed E-state index contributed by atoms with van der Waals surface area (Å²) in [6.07, 6.45) is 0. The molecule has 0 radical (unpaired) electrons. The predicted molar refractivity (Wildman–Crippen MR) is 98.9 cm³/mol. The Kier molecular flexibility index (Phi) is 5.15. The first-order chi connectivity index (χ1) is 12.8. The minimum atomic E-state index is -1.11. The van der Waals surface area contributed by atoms with Gasteiger partial charge in [0.1, 0.15) is 17.7 Å². The third-order valence-electron chi connectivity index (χ3n) is 3.79. The van der Waals surface area contributed by atoms with Crippen molar-refractivity contribution in [3.63, 3.8) is 0 Å². The number of amides is 2. The van der Waals surface area contributed by atoms with Gasteiger partial charge in [0.2, 0.25) is 5.91 Å². The highest BCUT2D eigenvalue weighted by Crippen LogP contribution is 2.27. The van der Waals surface area contributed by atoms with Crippen molar-refractivity contribution in [2.24, 2.45) is 5.73 Å². The van der Waals surface area contributed by atoms with Gasteiger partial charge in [-0.15, -0.1) is 11.3 Å². The molecule has 0 spiro atoms. The maximum atomic E-state index is 14.0. The number of nitrogens with zero attached hydrogens (tertiary/aromatic N) is 2. The Morgan fingerprint density at radius 3 is 2.74 bits per heavy atom. The molecular formula is C16H13F2N5O2S2. The highest BCUT2D eigenvalue weighted by molar-refractivity contribution is 7.71. The number of anilines is 1. The fourth-order valence-electron chi connectivity index (χ4n) is 2.43. The molecule has 11 heteroatoms. The number of nitrogens with one attached hydrogen (secondary N) is 2. The number of halogens is 2. The molecular weight excluding hydrogens is 396 g/mol. The Labute approximate surface area is 160 Å². The Balaban J connectivity index is 1.92. The minimum absolute atomic E-state index is 0.207. The summed E-state index contributed by atoms with van der Waals surface area (Å²) in [7, 11) is 0. The van der Waals surface area contributed by atoms with Gasteiger partial charge in [-0.3, -0.25) is 19.3 Å². The number of rotatable bonds is 5. The van der Waals surface area contributed by atoms with Gasteiger partial charge in [0.15, 0.2) is 10.6 Å². The van der Waals surface area contributed by atoms with Gasteiger partial charge in [0.05, 0.1) is 16.1 Å². The van der Waals surface area contributed by atoms with Gasteiger partial charge in [0.25, 0.3) is 5.91 Å². The first kappa shape index (κ1) is 18.9. The average Bonchev–Trinajstić information content (AvgIpc) is 3.25. The third-order valence-corrected chi connectivity index (χ3v) is 4.95. The van der Waals surface area contributed by atoms with Crippen LogP contribution in [0.2, 0.25) is 0 Å². The summed E-state index contributed by atoms with van der Waals surface area (Å²) < 4.78 is 29.3. The van der Waals surface area contributed by atoms with E-state index in [4.69, 9.17) is 18.0 Å². The zero-order valence-electron chi connectivity index (χ0n) is 13.8. The van der Waals surface area contributed by atoms with E-state index in [-0.39, 0.29) is 10.5 Å². The molecule has 0 saturated heterocycles. The first-order valence-corrected chi connectivity index (χ1v) is 8.89. The summed E-state index contributed by atoms with van der Waals surface area (Å²) in [5.74, 6) is -3.40. The Hall–Kier alpha value is -2.92. The monoisotopic (exact) mass is 409 g/mol. The van der Waals surface area contributed by atoms with Gasteiger partial charge in [-0.05, 0) is 36.7 Å². The standard InChI is InChI=1S/C16H13F2N5O2S2/c1-7(23-14(21-22-16(23)26)12-3-2-4-27-12)15(25)20-11-5-8(13(19)24)9(17)6-10(11)18/h2-7H,1H3,(H2,19,24)(H,20,25)(H,22,26). The van der Waals surface area contributed by atoms with Crippen LogP contribution in [-0.2, 0) is 4.79 Å². The molecule has 0 aliphatic heterocycles. The third kappa shape index (κ3) is 3.64. The van der Waals surface area contributed by atoms with Gasteiger partial charge < -0.3 is 11.1 Å². The Morgan fingerprint density at radius 2 is 2.11 bits per heavy atom. The van der Waals surface area contributed by atoms with E-state index in [0.29, 0.717) is 11.9 Å². The van der Waals surface area contributed by atoms with Crippen LogP contribution in [0.3, 0.4) is 0 Å². The van der Waals surface area contributed by atoms with E-state index >= 15 is 0 Å². The molecule has 0 fully saturated rings. The van der Waals surface area contributed by atoms with Crippen LogP contribution in [0.1, 0.15) is 23.3 Å². The molecule has 3 rings (SSSR count). The number of carbonyl (C=O) groups excluding carboxylic acids is 2. The molecule has 4 N–H and O–H groups in total. The molecule has 1 atom stereocenters. The number of hydrogen-bond donors (Lipinski definition) is 3. The summed E-state index contributed by atoms with van der Waals surface area (Å²) in [6.45, 7) is 1.55. The number of carbonyl (C=O) groups is 2. The van der Waals surface area contributed by atoms with E-state index in [1.165, 1.54) is 15.9 Å². The molecule has 140 valence electrons. The zero-order chi connectivity index (χ0) is 19.7. The topological polar surface area (TPSA) is 106 Å². The van der Waals surface area contributed by atoms with Crippen molar-refractivity contribution >= 4 is 41.1 Å². The van der Waals surface area contributed by atoms with Crippen LogP contribution >= 0.6 is 23.6 Å². The molecule has 2 amide bonds. The maximum Gasteiger partial charge on any atom is 0.251 e. The number of benzene rings is 1. The second-order valence-corrected chi connectivity index (χ2v) is 6.88. The SMILES string of the molecule is CC(C(=O)Nc1cc(C(N)=O)c(F)cc1F)n1c(-c2cccs2)n[nH]c1=S. The van der Waals surface area contributed by atoms with Crippen LogP contribution in [0.5, 0.6) is 0 Å². The summed E-state index contributed by atoms with van der Waals surface area (Å²) in [6, 6.07) is 4.12. The molecule has 0 aliphatic carbocycles. The quantitative estimate of drug-likeness (QED) is 0.563. The Bertz CT molecular complexity index is 1080. The van der Waals surface area contributed by atoms with Crippen molar-refractivity contribution in [3.8, 4) is 10.7 Å². The molecule has 0 saturated carbocycles. The summed E-state index contributed by atoms with van der Waals surface area (Å²) in [5, 5.41) is 10.9. The second-order valence-electron chi connectivity index (χ2n) is 5.54. The molecule has 3 aromatic rings. The second kappa shape index (κ2) is 7.37. The number of primary amides is 1. The summed E-state index contributed by atoms with van der Waals surface area (Å²) in [5.41, 5.74) is 4.16. The van der Waals surface area contributed by atoms with Gasteiger partial charge in [-0.2, -0.15) is 5.10 Å². The molecule has 7 nitrogen and oxygen atoms in total. The smallest absolute Gasteiger partial charge is 0.251 e. The van der Waals surface area contributed by atoms with Crippen molar-refractivity contribution in [3.05, 3.63) is 51.6 Å². The minimum Gasteiger partial charge on any atom is -0.366 e. The number of thiophene rings is 1. The van der Waals surface area contributed by atoms with Crippen LogP contribution in [0.4, 0.5) is 14.5 Å². The molecule has 0 bridgehead atoms. The molecule has 27 heavy (non-hydrogen) atoms. The van der Waals surface area contributed by atoms with Crippen molar-refractivity contribution in [1.29, 1.82) is 0 Å². The fourth-order valence-corrected chi connectivity index (χ4v) is 3.43. The number of nitrogens with two attached hydrogens (primary N) is 1. The van der Waals surface area contributed by atoms with E-state index < -0.39 is 35.1 Å². The highest BCUT2D eigenvalue weighted by atomic mass is 32.1. The van der Waals surface area contributed by atoms with Gasteiger partial charge in [-0.25, -0.2) is 8.78 Å². The maximum absolute atomic E-state index is 14.0.